The third-order valence-corrected chi connectivity index (χ3v) is 4.42. The molecule has 0 radical (unpaired) electrons. The summed E-state index contributed by atoms with van der Waals surface area (Å²) >= 11 is 6.11. The van der Waals surface area contributed by atoms with Crippen molar-refractivity contribution in [2.75, 3.05) is 5.32 Å². The van der Waals surface area contributed by atoms with E-state index >= 15 is 0 Å². The highest BCUT2D eigenvalue weighted by atomic mass is 35.5. The SMILES string of the molecule is Cc1cccc(C)c1NC(=O)C(C)OC(=O)/C=C/c1c(C)nn(C)c1Cl. The van der Waals surface area contributed by atoms with Crippen LogP contribution in [-0.4, -0.2) is 27.8 Å². The first-order chi connectivity index (χ1) is 12.2. The first-order valence-corrected chi connectivity index (χ1v) is 8.53. The summed E-state index contributed by atoms with van der Waals surface area (Å²) in [5.74, 6) is -1.02. The Labute approximate surface area is 157 Å². The Morgan fingerprint density at radius 3 is 2.42 bits per heavy atom. The molecule has 0 saturated carbocycles. The van der Waals surface area contributed by atoms with E-state index in [1.165, 1.54) is 23.8 Å². The van der Waals surface area contributed by atoms with Crippen molar-refractivity contribution in [3.05, 3.63) is 51.8 Å². The minimum absolute atomic E-state index is 0.389. The molecule has 0 spiro atoms. The molecule has 0 aliphatic heterocycles. The van der Waals surface area contributed by atoms with Crippen LogP contribution in [0.2, 0.25) is 5.15 Å². The number of halogens is 1. The Hall–Kier alpha value is -2.60. The maximum absolute atomic E-state index is 12.3. The topological polar surface area (TPSA) is 73.2 Å². The summed E-state index contributed by atoms with van der Waals surface area (Å²) in [6.07, 6.45) is 1.83. The first kappa shape index (κ1) is 19.7. The summed E-state index contributed by atoms with van der Waals surface area (Å²) in [5.41, 5.74) is 3.95. The van der Waals surface area contributed by atoms with Crippen molar-refractivity contribution < 1.29 is 14.3 Å². The van der Waals surface area contributed by atoms with Crippen LogP contribution in [0.1, 0.15) is 29.3 Å². The largest absolute Gasteiger partial charge is 0.449 e. The van der Waals surface area contributed by atoms with Crippen LogP contribution in [0, 0.1) is 20.8 Å². The van der Waals surface area contributed by atoms with E-state index in [0.717, 1.165) is 16.8 Å². The van der Waals surface area contributed by atoms with Crippen LogP contribution in [0.25, 0.3) is 6.08 Å². The molecule has 0 fully saturated rings. The van der Waals surface area contributed by atoms with Gasteiger partial charge in [-0.05, 0) is 44.9 Å². The Balaban J connectivity index is 2.00. The number of aryl methyl sites for hydroxylation is 4. The van der Waals surface area contributed by atoms with Crippen molar-refractivity contribution in [3.63, 3.8) is 0 Å². The second-order valence-electron chi connectivity index (χ2n) is 6.08. The monoisotopic (exact) mass is 375 g/mol. The number of nitrogens with one attached hydrogen (secondary N) is 1. The number of nitrogens with zero attached hydrogens (tertiary/aromatic N) is 2. The van der Waals surface area contributed by atoms with Crippen molar-refractivity contribution in [2.24, 2.45) is 7.05 Å². The summed E-state index contributed by atoms with van der Waals surface area (Å²) in [6, 6.07) is 5.73. The van der Waals surface area contributed by atoms with Crippen molar-refractivity contribution in [1.29, 1.82) is 0 Å². The lowest BCUT2D eigenvalue weighted by Crippen LogP contribution is -2.30. The van der Waals surface area contributed by atoms with Crippen LogP contribution < -0.4 is 5.32 Å². The minimum atomic E-state index is -0.934. The number of ether oxygens (including phenoxy) is 1. The standard InChI is InChI=1S/C19H22ClN3O3/c1-11-7-6-8-12(2)17(11)21-19(25)14(4)26-16(24)10-9-15-13(3)22-23(5)18(15)20/h6-10,14H,1-5H3,(H,21,25)/b10-9+. The number of aromatic nitrogens is 2. The summed E-state index contributed by atoms with van der Waals surface area (Å²) in [6.45, 7) is 7.12. The molecule has 138 valence electrons. The maximum atomic E-state index is 12.3. The van der Waals surface area contributed by atoms with E-state index in [-0.39, 0.29) is 5.91 Å². The normalized spacial score (nSPS) is 12.2. The third kappa shape index (κ3) is 4.52. The predicted octanol–water partition coefficient (Wildman–Crippen LogP) is 3.58. The third-order valence-electron chi connectivity index (χ3n) is 3.97. The maximum Gasteiger partial charge on any atom is 0.331 e. The Bertz CT molecular complexity index is 851. The fraction of sp³-hybridized carbons (Fsp3) is 0.316. The molecule has 1 N–H and O–H groups in total. The molecular formula is C19H22ClN3O3. The van der Waals surface area contributed by atoms with Crippen LogP contribution in [0.3, 0.4) is 0 Å². The van der Waals surface area contributed by atoms with Gasteiger partial charge in [0.2, 0.25) is 0 Å². The number of esters is 1. The van der Waals surface area contributed by atoms with Gasteiger partial charge in [0.15, 0.2) is 6.10 Å². The number of carbonyl (C=O) groups excluding carboxylic acids is 2. The highest BCUT2D eigenvalue weighted by Gasteiger charge is 2.18. The van der Waals surface area contributed by atoms with E-state index in [1.807, 2.05) is 32.0 Å². The zero-order valence-corrected chi connectivity index (χ0v) is 16.2. The second-order valence-corrected chi connectivity index (χ2v) is 6.44. The van der Waals surface area contributed by atoms with Gasteiger partial charge in [-0.1, -0.05) is 29.8 Å². The summed E-state index contributed by atoms with van der Waals surface area (Å²) < 4.78 is 6.68. The van der Waals surface area contributed by atoms with Crippen LogP contribution in [0.5, 0.6) is 0 Å². The van der Waals surface area contributed by atoms with Gasteiger partial charge in [0.05, 0.1) is 5.69 Å². The van der Waals surface area contributed by atoms with Crippen LogP contribution >= 0.6 is 11.6 Å². The van der Waals surface area contributed by atoms with Gasteiger partial charge in [0.1, 0.15) is 5.15 Å². The molecule has 1 heterocycles. The molecular weight excluding hydrogens is 354 g/mol. The quantitative estimate of drug-likeness (QED) is 0.640. The Kier molecular flexibility index (Phi) is 6.21. The van der Waals surface area contributed by atoms with E-state index in [9.17, 15) is 9.59 Å². The lowest BCUT2D eigenvalue weighted by molar-refractivity contribution is -0.148. The van der Waals surface area contributed by atoms with Gasteiger partial charge in [-0.15, -0.1) is 0 Å². The molecule has 0 aliphatic carbocycles. The fourth-order valence-corrected chi connectivity index (χ4v) is 2.73. The molecule has 1 unspecified atom stereocenters. The average molecular weight is 376 g/mol. The summed E-state index contributed by atoms with van der Waals surface area (Å²) in [4.78, 5) is 24.3. The van der Waals surface area contributed by atoms with E-state index in [4.69, 9.17) is 16.3 Å². The number of rotatable bonds is 5. The van der Waals surface area contributed by atoms with E-state index in [0.29, 0.717) is 16.4 Å². The number of para-hydroxylation sites is 1. The van der Waals surface area contributed by atoms with E-state index < -0.39 is 12.1 Å². The number of hydrogen-bond acceptors (Lipinski definition) is 4. The molecule has 1 aromatic heterocycles. The van der Waals surface area contributed by atoms with Gasteiger partial charge in [-0.3, -0.25) is 9.48 Å². The van der Waals surface area contributed by atoms with Crippen molar-refractivity contribution in [1.82, 2.24) is 9.78 Å². The van der Waals surface area contributed by atoms with Gasteiger partial charge in [-0.2, -0.15) is 5.10 Å². The van der Waals surface area contributed by atoms with E-state index in [1.54, 1.807) is 14.0 Å². The van der Waals surface area contributed by atoms with Gasteiger partial charge >= 0.3 is 5.97 Å². The molecule has 6 nitrogen and oxygen atoms in total. The number of benzene rings is 1. The zero-order valence-electron chi connectivity index (χ0n) is 15.5. The molecule has 0 saturated heterocycles. The number of anilines is 1. The molecule has 2 aromatic rings. The minimum Gasteiger partial charge on any atom is -0.449 e. The van der Waals surface area contributed by atoms with Crippen molar-refractivity contribution >= 4 is 35.2 Å². The van der Waals surface area contributed by atoms with Crippen molar-refractivity contribution in [2.45, 2.75) is 33.8 Å². The van der Waals surface area contributed by atoms with Gasteiger partial charge < -0.3 is 10.1 Å². The lowest BCUT2D eigenvalue weighted by Gasteiger charge is -2.15. The van der Waals surface area contributed by atoms with Crippen molar-refractivity contribution in [3.8, 4) is 0 Å². The van der Waals surface area contributed by atoms with E-state index in [2.05, 4.69) is 10.4 Å². The van der Waals surface area contributed by atoms with Gasteiger partial charge in [0, 0.05) is 24.4 Å². The molecule has 0 bridgehead atoms. The molecule has 0 aliphatic rings. The smallest absolute Gasteiger partial charge is 0.331 e. The number of carbonyl (C=O) groups is 2. The van der Waals surface area contributed by atoms with Crippen LogP contribution in [0.15, 0.2) is 24.3 Å². The molecule has 26 heavy (non-hydrogen) atoms. The fourth-order valence-electron chi connectivity index (χ4n) is 2.49. The Morgan fingerprint density at radius 2 is 1.88 bits per heavy atom. The zero-order chi connectivity index (χ0) is 19.4. The highest BCUT2D eigenvalue weighted by Crippen LogP contribution is 2.21. The lowest BCUT2D eigenvalue weighted by atomic mass is 10.1. The van der Waals surface area contributed by atoms with Gasteiger partial charge in [-0.25, -0.2) is 4.79 Å². The first-order valence-electron chi connectivity index (χ1n) is 8.15. The van der Waals surface area contributed by atoms with Crippen LogP contribution in [-0.2, 0) is 21.4 Å². The Morgan fingerprint density at radius 1 is 1.27 bits per heavy atom. The molecule has 1 amide bonds. The van der Waals surface area contributed by atoms with Gasteiger partial charge in [0.25, 0.3) is 5.91 Å². The van der Waals surface area contributed by atoms with Crippen LogP contribution in [0.4, 0.5) is 5.69 Å². The summed E-state index contributed by atoms with van der Waals surface area (Å²) in [7, 11) is 1.71. The predicted molar refractivity (Wildman–Crippen MR) is 102 cm³/mol. The molecule has 1 aromatic carbocycles. The highest BCUT2D eigenvalue weighted by molar-refractivity contribution is 6.31. The molecule has 7 heteroatoms. The number of hydrogen-bond donors (Lipinski definition) is 1. The second kappa shape index (κ2) is 8.19. The molecule has 1 atom stereocenters. The number of amides is 1. The average Bonchev–Trinajstić information content (AvgIpc) is 2.81. The molecule has 2 rings (SSSR count). The summed E-state index contributed by atoms with van der Waals surface area (Å²) in [5, 5.41) is 7.39.